The van der Waals surface area contributed by atoms with Gasteiger partial charge in [0.2, 0.25) is 5.91 Å². The van der Waals surface area contributed by atoms with Gasteiger partial charge in [-0.25, -0.2) is 4.39 Å². The number of halogens is 2. The fraction of sp³-hybridized carbons (Fsp3) is 0.316. The lowest BCUT2D eigenvalue weighted by molar-refractivity contribution is -0.119. The normalized spacial score (nSPS) is 12.0. The molecular formula is C19H24ClFN2O2. The number of rotatable bonds is 5. The Balaban J connectivity index is 0.00000312. The van der Waals surface area contributed by atoms with Crippen LogP contribution < -0.4 is 15.8 Å². The van der Waals surface area contributed by atoms with E-state index in [4.69, 9.17) is 10.5 Å². The third kappa shape index (κ3) is 6.36. The highest BCUT2D eigenvalue weighted by Crippen LogP contribution is 2.22. The minimum absolute atomic E-state index is 0. The number of amides is 1. The topological polar surface area (TPSA) is 64.4 Å². The van der Waals surface area contributed by atoms with E-state index in [1.54, 1.807) is 36.4 Å². The molecular weight excluding hydrogens is 343 g/mol. The van der Waals surface area contributed by atoms with Crippen LogP contribution in [0.2, 0.25) is 0 Å². The van der Waals surface area contributed by atoms with Crippen molar-refractivity contribution in [2.75, 3.05) is 5.32 Å². The monoisotopic (exact) mass is 366 g/mol. The second kappa shape index (κ2) is 8.83. The molecule has 136 valence electrons. The van der Waals surface area contributed by atoms with E-state index < -0.39 is 6.04 Å². The van der Waals surface area contributed by atoms with Crippen LogP contribution in [-0.4, -0.2) is 11.9 Å². The lowest BCUT2D eigenvalue weighted by Crippen LogP contribution is -2.45. The maximum absolute atomic E-state index is 12.9. The Labute approximate surface area is 154 Å². The maximum atomic E-state index is 12.9. The predicted octanol–water partition coefficient (Wildman–Crippen LogP) is 4.14. The van der Waals surface area contributed by atoms with E-state index >= 15 is 0 Å². The molecule has 25 heavy (non-hydrogen) atoms. The molecule has 2 aromatic carbocycles. The first kappa shape index (κ1) is 20.9. The van der Waals surface area contributed by atoms with Crippen LogP contribution in [0.15, 0.2) is 48.5 Å². The van der Waals surface area contributed by atoms with Crippen molar-refractivity contribution in [3.05, 3.63) is 59.9 Å². The first-order chi connectivity index (χ1) is 11.3. The van der Waals surface area contributed by atoms with Crippen LogP contribution in [0, 0.1) is 11.2 Å². The minimum atomic E-state index is -0.610. The fourth-order valence-electron chi connectivity index (χ4n) is 2.02. The van der Waals surface area contributed by atoms with Crippen molar-refractivity contribution in [3.63, 3.8) is 0 Å². The van der Waals surface area contributed by atoms with E-state index in [1.165, 1.54) is 12.1 Å². The molecule has 4 nitrogen and oxygen atoms in total. The van der Waals surface area contributed by atoms with Crippen LogP contribution in [0.5, 0.6) is 5.75 Å². The number of nitrogens with one attached hydrogen (secondary N) is 1. The Morgan fingerprint density at radius 1 is 1.20 bits per heavy atom. The quantitative estimate of drug-likeness (QED) is 0.835. The Hall–Kier alpha value is -2.11. The zero-order valence-electron chi connectivity index (χ0n) is 14.6. The van der Waals surface area contributed by atoms with Crippen LogP contribution in [0.3, 0.4) is 0 Å². The largest absolute Gasteiger partial charge is 0.489 e. The predicted molar refractivity (Wildman–Crippen MR) is 100 cm³/mol. The van der Waals surface area contributed by atoms with Gasteiger partial charge in [0.05, 0.1) is 6.04 Å². The highest BCUT2D eigenvalue weighted by molar-refractivity contribution is 5.95. The van der Waals surface area contributed by atoms with Crippen molar-refractivity contribution in [3.8, 4) is 5.75 Å². The van der Waals surface area contributed by atoms with Crippen molar-refractivity contribution in [2.45, 2.75) is 33.4 Å². The van der Waals surface area contributed by atoms with Gasteiger partial charge in [-0.3, -0.25) is 4.79 Å². The third-order valence-corrected chi connectivity index (χ3v) is 3.64. The standard InChI is InChI=1S/C19H23FN2O2.ClH/c1-19(2,3)17(21)18(23)22-15-5-4-6-16(11-15)24-12-13-7-9-14(20)10-8-13;/h4-11,17H,12,21H2,1-3H3,(H,22,23);1H/t17-;/m1./s1. The summed E-state index contributed by atoms with van der Waals surface area (Å²) in [6.45, 7) is 6.07. The number of carbonyl (C=O) groups is 1. The lowest BCUT2D eigenvalue weighted by atomic mass is 9.87. The molecule has 6 heteroatoms. The van der Waals surface area contributed by atoms with Crippen molar-refractivity contribution in [1.29, 1.82) is 0 Å². The molecule has 3 N–H and O–H groups in total. The summed E-state index contributed by atoms with van der Waals surface area (Å²) in [5.41, 5.74) is 7.12. The van der Waals surface area contributed by atoms with Gasteiger partial charge in [-0.15, -0.1) is 12.4 Å². The molecule has 0 aliphatic rings. The fourth-order valence-corrected chi connectivity index (χ4v) is 2.02. The summed E-state index contributed by atoms with van der Waals surface area (Å²) in [4.78, 5) is 12.2. The molecule has 0 aromatic heterocycles. The van der Waals surface area contributed by atoms with Gasteiger partial charge in [-0.1, -0.05) is 39.0 Å². The molecule has 0 unspecified atom stereocenters. The Morgan fingerprint density at radius 2 is 1.84 bits per heavy atom. The smallest absolute Gasteiger partial charge is 0.241 e. The van der Waals surface area contributed by atoms with Crippen LogP contribution in [0.1, 0.15) is 26.3 Å². The number of anilines is 1. The SMILES string of the molecule is CC(C)(C)[C@H](N)C(=O)Nc1cccc(OCc2ccc(F)cc2)c1.Cl. The highest BCUT2D eigenvalue weighted by Gasteiger charge is 2.27. The van der Waals surface area contributed by atoms with Crippen LogP contribution in [0.4, 0.5) is 10.1 Å². The van der Waals surface area contributed by atoms with Crippen molar-refractivity contribution >= 4 is 24.0 Å². The number of ether oxygens (including phenoxy) is 1. The van der Waals surface area contributed by atoms with Gasteiger partial charge in [0.15, 0.2) is 0 Å². The molecule has 0 aliphatic carbocycles. The van der Waals surface area contributed by atoms with Gasteiger partial charge >= 0.3 is 0 Å². The van der Waals surface area contributed by atoms with E-state index in [1.807, 2.05) is 20.8 Å². The molecule has 2 rings (SSSR count). The van der Waals surface area contributed by atoms with Gasteiger partial charge in [0.25, 0.3) is 0 Å². The first-order valence-electron chi connectivity index (χ1n) is 7.79. The van der Waals surface area contributed by atoms with E-state index in [-0.39, 0.29) is 29.5 Å². The zero-order chi connectivity index (χ0) is 17.7. The molecule has 0 saturated carbocycles. The molecule has 2 aromatic rings. The van der Waals surface area contributed by atoms with E-state index in [9.17, 15) is 9.18 Å². The number of nitrogens with two attached hydrogens (primary N) is 1. The number of hydrogen-bond acceptors (Lipinski definition) is 3. The Morgan fingerprint density at radius 3 is 2.44 bits per heavy atom. The third-order valence-electron chi connectivity index (χ3n) is 3.64. The van der Waals surface area contributed by atoms with Crippen molar-refractivity contribution in [2.24, 2.45) is 11.1 Å². The first-order valence-corrected chi connectivity index (χ1v) is 7.79. The summed E-state index contributed by atoms with van der Waals surface area (Å²) in [6, 6.07) is 12.6. The average Bonchev–Trinajstić information content (AvgIpc) is 2.53. The van der Waals surface area contributed by atoms with Gasteiger partial charge in [-0.05, 0) is 35.2 Å². The van der Waals surface area contributed by atoms with Gasteiger partial charge in [0.1, 0.15) is 18.2 Å². The number of carbonyl (C=O) groups excluding carboxylic acids is 1. The Kier molecular flexibility index (Phi) is 7.39. The van der Waals surface area contributed by atoms with Crippen LogP contribution in [-0.2, 0) is 11.4 Å². The van der Waals surface area contributed by atoms with E-state index in [0.717, 1.165) is 5.56 Å². The van der Waals surface area contributed by atoms with Gasteiger partial charge in [-0.2, -0.15) is 0 Å². The Bertz CT molecular complexity index is 699. The second-order valence-electron chi connectivity index (χ2n) is 6.78. The maximum Gasteiger partial charge on any atom is 0.241 e. The van der Waals surface area contributed by atoms with Gasteiger partial charge < -0.3 is 15.8 Å². The molecule has 0 heterocycles. The number of benzene rings is 2. The highest BCUT2D eigenvalue weighted by atomic mass is 35.5. The summed E-state index contributed by atoms with van der Waals surface area (Å²) in [6.07, 6.45) is 0. The van der Waals surface area contributed by atoms with Crippen molar-refractivity contribution < 1.29 is 13.9 Å². The zero-order valence-corrected chi connectivity index (χ0v) is 15.4. The lowest BCUT2D eigenvalue weighted by Gasteiger charge is -2.25. The van der Waals surface area contributed by atoms with E-state index in [2.05, 4.69) is 5.32 Å². The summed E-state index contributed by atoms with van der Waals surface area (Å²) in [5.74, 6) is 0.0956. The molecule has 1 amide bonds. The van der Waals surface area contributed by atoms with Gasteiger partial charge in [0, 0.05) is 11.8 Å². The minimum Gasteiger partial charge on any atom is -0.489 e. The van der Waals surface area contributed by atoms with Crippen LogP contribution >= 0.6 is 12.4 Å². The second-order valence-corrected chi connectivity index (χ2v) is 6.78. The van der Waals surface area contributed by atoms with Crippen LogP contribution in [0.25, 0.3) is 0 Å². The molecule has 0 radical (unpaired) electrons. The molecule has 0 bridgehead atoms. The molecule has 0 aliphatic heterocycles. The summed E-state index contributed by atoms with van der Waals surface area (Å²) in [5, 5.41) is 2.80. The van der Waals surface area contributed by atoms with Crippen molar-refractivity contribution in [1.82, 2.24) is 0 Å². The summed E-state index contributed by atoms with van der Waals surface area (Å²) < 4.78 is 18.6. The summed E-state index contributed by atoms with van der Waals surface area (Å²) >= 11 is 0. The van der Waals surface area contributed by atoms with E-state index in [0.29, 0.717) is 18.0 Å². The number of hydrogen-bond donors (Lipinski definition) is 2. The molecule has 0 saturated heterocycles. The summed E-state index contributed by atoms with van der Waals surface area (Å²) in [7, 11) is 0. The average molecular weight is 367 g/mol. The molecule has 0 fully saturated rings. The molecule has 1 atom stereocenters. The molecule has 0 spiro atoms.